The van der Waals surface area contributed by atoms with E-state index in [4.69, 9.17) is 5.73 Å². The van der Waals surface area contributed by atoms with Crippen LogP contribution in [0.3, 0.4) is 0 Å². The number of hydrogen-bond acceptors (Lipinski definition) is 3. The molecule has 0 spiro atoms. The van der Waals surface area contributed by atoms with Crippen molar-refractivity contribution in [3.63, 3.8) is 0 Å². The Balaban J connectivity index is 2.07. The zero-order chi connectivity index (χ0) is 10.8. The first-order chi connectivity index (χ1) is 7.20. The van der Waals surface area contributed by atoms with Gasteiger partial charge in [-0.25, -0.2) is 0 Å². The topological polar surface area (TPSA) is 56.7 Å². The van der Waals surface area contributed by atoms with Crippen molar-refractivity contribution in [1.82, 2.24) is 14.8 Å². The highest BCUT2D eigenvalue weighted by Gasteiger charge is 2.22. The molecule has 84 valence electrons. The van der Waals surface area contributed by atoms with Crippen LogP contribution in [-0.4, -0.2) is 20.8 Å². The van der Waals surface area contributed by atoms with Crippen molar-refractivity contribution in [2.45, 2.75) is 52.1 Å². The first-order valence-corrected chi connectivity index (χ1v) is 5.87. The number of fused-ring (bicyclic) bond motifs is 1. The Morgan fingerprint density at radius 2 is 2.33 bits per heavy atom. The van der Waals surface area contributed by atoms with Gasteiger partial charge < -0.3 is 10.3 Å². The molecule has 1 aromatic rings. The predicted molar refractivity (Wildman–Crippen MR) is 59.5 cm³/mol. The summed E-state index contributed by atoms with van der Waals surface area (Å²) in [5, 5.41) is 8.47. The Hall–Kier alpha value is -0.900. The first-order valence-electron chi connectivity index (χ1n) is 5.87. The van der Waals surface area contributed by atoms with E-state index in [9.17, 15) is 0 Å². The predicted octanol–water partition coefficient (Wildman–Crippen LogP) is 1.14. The van der Waals surface area contributed by atoms with Crippen LogP contribution in [0.15, 0.2) is 0 Å². The highest BCUT2D eigenvalue weighted by Crippen LogP contribution is 2.23. The molecule has 0 aromatic carbocycles. The molecule has 2 rings (SSSR count). The van der Waals surface area contributed by atoms with Crippen LogP contribution in [0.2, 0.25) is 0 Å². The largest absolute Gasteiger partial charge is 0.328 e. The van der Waals surface area contributed by atoms with Gasteiger partial charge in [0.2, 0.25) is 0 Å². The van der Waals surface area contributed by atoms with E-state index in [2.05, 4.69) is 28.6 Å². The number of aryl methyl sites for hydroxylation is 1. The van der Waals surface area contributed by atoms with Crippen molar-refractivity contribution in [3.8, 4) is 0 Å². The molecule has 0 saturated carbocycles. The van der Waals surface area contributed by atoms with E-state index < -0.39 is 0 Å². The standard InChI is InChI=1S/C11H20N4/c1-3-10-13-14-11-7-9(6-8(2)12)4-5-15(10)11/h8-9H,3-7,12H2,1-2H3. The third kappa shape index (κ3) is 2.20. The average Bonchev–Trinajstić information content (AvgIpc) is 2.58. The highest BCUT2D eigenvalue weighted by atomic mass is 15.3. The minimum Gasteiger partial charge on any atom is -0.328 e. The van der Waals surface area contributed by atoms with Gasteiger partial charge in [-0.2, -0.15) is 0 Å². The van der Waals surface area contributed by atoms with E-state index in [0.717, 1.165) is 37.5 Å². The summed E-state index contributed by atoms with van der Waals surface area (Å²) in [6.45, 7) is 5.28. The molecular weight excluding hydrogens is 188 g/mol. The van der Waals surface area contributed by atoms with Crippen LogP contribution in [-0.2, 0) is 19.4 Å². The highest BCUT2D eigenvalue weighted by molar-refractivity contribution is 5.00. The lowest BCUT2D eigenvalue weighted by molar-refractivity contribution is 0.340. The maximum atomic E-state index is 5.83. The Morgan fingerprint density at radius 1 is 1.53 bits per heavy atom. The number of hydrogen-bond donors (Lipinski definition) is 1. The molecule has 2 N–H and O–H groups in total. The molecule has 2 heterocycles. The second-order valence-corrected chi connectivity index (χ2v) is 4.61. The van der Waals surface area contributed by atoms with Crippen molar-refractivity contribution >= 4 is 0 Å². The normalized spacial score (nSPS) is 22.5. The number of aromatic nitrogens is 3. The van der Waals surface area contributed by atoms with Gasteiger partial charge in [0.1, 0.15) is 11.6 Å². The van der Waals surface area contributed by atoms with Crippen LogP contribution >= 0.6 is 0 Å². The minimum atomic E-state index is 0.301. The van der Waals surface area contributed by atoms with Crippen LogP contribution in [0.4, 0.5) is 0 Å². The Morgan fingerprint density at radius 3 is 3.00 bits per heavy atom. The maximum absolute atomic E-state index is 5.83. The summed E-state index contributed by atoms with van der Waals surface area (Å²) in [7, 11) is 0. The summed E-state index contributed by atoms with van der Waals surface area (Å²) < 4.78 is 2.28. The summed E-state index contributed by atoms with van der Waals surface area (Å²) in [4.78, 5) is 0. The number of nitrogens with zero attached hydrogens (tertiary/aromatic N) is 3. The van der Waals surface area contributed by atoms with Gasteiger partial charge in [-0.1, -0.05) is 6.92 Å². The van der Waals surface area contributed by atoms with Crippen LogP contribution in [0.5, 0.6) is 0 Å². The molecule has 4 heteroatoms. The molecule has 0 aliphatic carbocycles. The Bertz CT molecular complexity index is 329. The van der Waals surface area contributed by atoms with Crippen molar-refractivity contribution in [2.75, 3.05) is 0 Å². The zero-order valence-electron chi connectivity index (χ0n) is 9.61. The van der Waals surface area contributed by atoms with Gasteiger partial charge in [-0.15, -0.1) is 10.2 Å². The van der Waals surface area contributed by atoms with E-state index in [1.807, 2.05) is 0 Å². The van der Waals surface area contributed by atoms with Crippen LogP contribution in [0, 0.1) is 5.92 Å². The number of nitrogens with two attached hydrogens (primary N) is 1. The zero-order valence-corrected chi connectivity index (χ0v) is 9.61. The number of rotatable bonds is 3. The molecule has 15 heavy (non-hydrogen) atoms. The van der Waals surface area contributed by atoms with Gasteiger partial charge in [-0.05, 0) is 25.7 Å². The second-order valence-electron chi connectivity index (χ2n) is 4.61. The molecule has 2 atom stereocenters. The fraction of sp³-hybridized carbons (Fsp3) is 0.818. The molecule has 1 aliphatic rings. The summed E-state index contributed by atoms with van der Waals surface area (Å²) in [6.07, 6.45) is 4.35. The molecule has 0 saturated heterocycles. The maximum Gasteiger partial charge on any atom is 0.133 e. The van der Waals surface area contributed by atoms with Crippen LogP contribution < -0.4 is 5.73 Å². The molecule has 0 bridgehead atoms. The first kappa shape index (κ1) is 10.6. The molecule has 4 nitrogen and oxygen atoms in total. The van der Waals surface area contributed by atoms with Gasteiger partial charge in [0.25, 0.3) is 0 Å². The smallest absolute Gasteiger partial charge is 0.133 e. The fourth-order valence-corrected chi connectivity index (χ4v) is 2.44. The molecule has 1 aliphatic heterocycles. The molecule has 2 unspecified atom stereocenters. The van der Waals surface area contributed by atoms with Crippen molar-refractivity contribution in [1.29, 1.82) is 0 Å². The second kappa shape index (κ2) is 4.31. The van der Waals surface area contributed by atoms with Gasteiger partial charge in [-0.3, -0.25) is 0 Å². The summed E-state index contributed by atoms with van der Waals surface area (Å²) in [5.74, 6) is 2.99. The summed E-state index contributed by atoms with van der Waals surface area (Å²) in [6, 6.07) is 0.301. The lowest BCUT2D eigenvalue weighted by Crippen LogP contribution is -2.26. The summed E-state index contributed by atoms with van der Waals surface area (Å²) in [5.41, 5.74) is 5.83. The van der Waals surface area contributed by atoms with Crippen molar-refractivity contribution in [2.24, 2.45) is 11.7 Å². The minimum absolute atomic E-state index is 0.301. The van der Waals surface area contributed by atoms with Gasteiger partial charge in [0.05, 0.1) is 0 Å². The Kier molecular flexibility index (Phi) is 3.05. The summed E-state index contributed by atoms with van der Waals surface area (Å²) >= 11 is 0. The van der Waals surface area contributed by atoms with Crippen molar-refractivity contribution in [3.05, 3.63) is 11.6 Å². The van der Waals surface area contributed by atoms with E-state index in [0.29, 0.717) is 12.0 Å². The molecule has 0 amide bonds. The van der Waals surface area contributed by atoms with Gasteiger partial charge in [0, 0.05) is 25.4 Å². The third-order valence-corrected chi connectivity index (χ3v) is 3.16. The molecular formula is C11H20N4. The molecule has 0 fully saturated rings. The quantitative estimate of drug-likeness (QED) is 0.810. The fourth-order valence-electron chi connectivity index (χ4n) is 2.44. The van der Waals surface area contributed by atoms with Crippen LogP contribution in [0.25, 0.3) is 0 Å². The van der Waals surface area contributed by atoms with Crippen LogP contribution in [0.1, 0.15) is 38.3 Å². The van der Waals surface area contributed by atoms with E-state index in [1.165, 1.54) is 6.42 Å². The monoisotopic (exact) mass is 208 g/mol. The van der Waals surface area contributed by atoms with E-state index in [-0.39, 0.29) is 0 Å². The SMILES string of the molecule is CCc1nnc2n1CCC(CC(C)N)C2. The van der Waals surface area contributed by atoms with Gasteiger partial charge in [0.15, 0.2) is 0 Å². The van der Waals surface area contributed by atoms with Gasteiger partial charge >= 0.3 is 0 Å². The van der Waals surface area contributed by atoms with Crippen molar-refractivity contribution < 1.29 is 0 Å². The lowest BCUT2D eigenvalue weighted by atomic mass is 9.91. The third-order valence-electron chi connectivity index (χ3n) is 3.16. The molecule has 0 radical (unpaired) electrons. The Labute approximate surface area is 90.9 Å². The lowest BCUT2D eigenvalue weighted by Gasteiger charge is -2.24. The van der Waals surface area contributed by atoms with E-state index in [1.54, 1.807) is 0 Å². The van der Waals surface area contributed by atoms with E-state index >= 15 is 0 Å². The average molecular weight is 208 g/mol. The molecule has 1 aromatic heterocycles.